The van der Waals surface area contributed by atoms with Crippen LogP contribution in [0.25, 0.3) is 0 Å². The van der Waals surface area contributed by atoms with Gasteiger partial charge in [0.1, 0.15) is 5.03 Å². The van der Waals surface area contributed by atoms with Crippen LogP contribution in [0.5, 0.6) is 0 Å². The molecule has 2 rings (SSSR count). The van der Waals surface area contributed by atoms with Crippen molar-refractivity contribution in [3.05, 3.63) is 47.5 Å². The van der Waals surface area contributed by atoms with Crippen LogP contribution in [0.3, 0.4) is 0 Å². The van der Waals surface area contributed by atoms with Gasteiger partial charge in [0.2, 0.25) is 0 Å². The lowest BCUT2D eigenvalue weighted by atomic mass is 10.1. The number of rotatable bonds is 4. The highest BCUT2D eigenvalue weighted by Crippen LogP contribution is 2.15. The number of nitrogens with one attached hydrogen (secondary N) is 1. The number of amides is 1. The Labute approximate surface area is 116 Å². The van der Waals surface area contributed by atoms with E-state index in [4.69, 9.17) is 0 Å². The number of hydrogen-bond acceptors (Lipinski definition) is 4. The Hall–Kier alpha value is -1.88. The highest BCUT2D eigenvalue weighted by atomic mass is 32.2. The molecule has 0 fully saturated rings. The van der Waals surface area contributed by atoms with Gasteiger partial charge in [-0.15, -0.1) is 22.0 Å². The summed E-state index contributed by atoms with van der Waals surface area (Å²) < 4.78 is 0. The van der Waals surface area contributed by atoms with Gasteiger partial charge in [0.15, 0.2) is 5.82 Å². The predicted molar refractivity (Wildman–Crippen MR) is 77.6 cm³/mol. The maximum Gasteiger partial charge on any atom is 0.256 e. The molecular weight excluding hydrogens is 258 g/mol. The molecule has 0 atom stereocenters. The van der Waals surface area contributed by atoms with Gasteiger partial charge in [-0.05, 0) is 36.9 Å². The maximum atomic E-state index is 12.0. The monoisotopic (exact) mass is 273 g/mol. The van der Waals surface area contributed by atoms with Gasteiger partial charge in [-0.1, -0.05) is 24.6 Å². The van der Waals surface area contributed by atoms with Crippen LogP contribution in [0.2, 0.25) is 0 Å². The molecule has 1 amide bonds. The third-order valence-corrected chi connectivity index (χ3v) is 3.29. The van der Waals surface area contributed by atoms with Crippen LogP contribution < -0.4 is 5.32 Å². The largest absolute Gasteiger partial charge is 0.305 e. The minimum absolute atomic E-state index is 0.176. The number of hydrogen-bond donors (Lipinski definition) is 1. The fourth-order valence-electron chi connectivity index (χ4n) is 1.50. The first-order valence-electron chi connectivity index (χ1n) is 6.03. The van der Waals surface area contributed by atoms with Crippen LogP contribution in [0.1, 0.15) is 22.8 Å². The number of anilines is 1. The summed E-state index contributed by atoms with van der Waals surface area (Å²) in [6.45, 7) is 4.04. The van der Waals surface area contributed by atoms with Crippen LogP contribution in [0.15, 0.2) is 41.4 Å². The van der Waals surface area contributed by atoms with Crippen molar-refractivity contribution in [2.45, 2.75) is 18.9 Å². The molecule has 0 unspecified atom stereocenters. The molecule has 4 nitrogen and oxygen atoms in total. The van der Waals surface area contributed by atoms with E-state index in [9.17, 15) is 4.79 Å². The van der Waals surface area contributed by atoms with E-state index in [1.54, 1.807) is 30.0 Å². The number of benzene rings is 1. The van der Waals surface area contributed by atoms with Gasteiger partial charge in [0, 0.05) is 5.56 Å². The van der Waals surface area contributed by atoms with E-state index in [2.05, 4.69) is 22.4 Å². The summed E-state index contributed by atoms with van der Waals surface area (Å²) >= 11 is 1.61. The molecule has 0 bridgehead atoms. The topological polar surface area (TPSA) is 54.9 Å². The molecule has 0 saturated heterocycles. The third-order valence-electron chi connectivity index (χ3n) is 2.49. The maximum absolute atomic E-state index is 12.0. The van der Waals surface area contributed by atoms with Crippen molar-refractivity contribution in [3.8, 4) is 0 Å². The molecule has 1 aromatic carbocycles. The zero-order valence-electron chi connectivity index (χ0n) is 10.9. The summed E-state index contributed by atoms with van der Waals surface area (Å²) in [5, 5.41) is 11.6. The van der Waals surface area contributed by atoms with Crippen molar-refractivity contribution in [2.75, 3.05) is 11.1 Å². The Morgan fingerprint density at radius 3 is 2.47 bits per heavy atom. The predicted octanol–water partition coefficient (Wildman–Crippen LogP) is 3.15. The number of aryl methyl sites for hydroxylation is 1. The Morgan fingerprint density at radius 2 is 1.89 bits per heavy atom. The molecule has 98 valence electrons. The van der Waals surface area contributed by atoms with Gasteiger partial charge in [-0.25, -0.2) is 0 Å². The molecule has 1 heterocycles. The second-order valence-corrected chi connectivity index (χ2v) is 5.29. The number of carbonyl (C=O) groups excluding carboxylic acids is 1. The van der Waals surface area contributed by atoms with Crippen molar-refractivity contribution in [1.29, 1.82) is 0 Å². The Bertz CT molecular complexity index is 552. The van der Waals surface area contributed by atoms with Crippen molar-refractivity contribution < 1.29 is 4.79 Å². The lowest BCUT2D eigenvalue weighted by molar-refractivity contribution is 0.102. The molecule has 0 aliphatic rings. The molecule has 0 saturated carbocycles. The van der Waals surface area contributed by atoms with Crippen molar-refractivity contribution >= 4 is 23.5 Å². The van der Waals surface area contributed by atoms with Crippen molar-refractivity contribution in [3.63, 3.8) is 0 Å². The quantitative estimate of drug-likeness (QED) is 0.869. The minimum atomic E-state index is -0.176. The molecule has 0 aliphatic carbocycles. The average Bonchev–Trinajstić information content (AvgIpc) is 2.42. The van der Waals surface area contributed by atoms with Crippen LogP contribution in [-0.2, 0) is 0 Å². The zero-order chi connectivity index (χ0) is 13.7. The molecule has 0 radical (unpaired) electrons. The number of nitrogens with zero attached hydrogens (tertiary/aromatic N) is 2. The van der Waals surface area contributed by atoms with E-state index in [0.717, 1.165) is 16.3 Å². The van der Waals surface area contributed by atoms with E-state index in [1.165, 1.54) is 0 Å². The van der Waals surface area contributed by atoms with Gasteiger partial charge in [-0.3, -0.25) is 4.79 Å². The SMILES string of the molecule is CCSc1ccc(NC(=O)c2ccc(C)cc2)nn1. The molecule has 1 N–H and O–H groups in total. The molecule has 5 heteroatoms. The third kappa shape index (κ3) is 3.79. The first-order chi connectivity index (χ1) is 9.19. The number of carbonyl (C=O) groups is 1. The lowest BCUT2D eigenvalue weighted by Gasteiger charge is -2.04. The molecular formula is C14H15N3OS. The fourth-order valence-corrected chi connectivity index (χ4v) is 2.06. The fraction of sp³-hybridized carbons (Fsp3) is 0.214. The van der Waals surface area contributed by atoms with Gasteiger partial charge in [0.05, 0.1) is 0 Å². The zero-order valence-corrected chi connectivity index (χ0v) is 11.7. The van der Waals surface area contributed by atoms with Crippen LogP contribution in [-0.4, -0.2) is 21.9 Å². The van der Waals surface area contributed by atoms with E-state index in [1.807, 2.05) is 25.1 Å². The molecule has 0 aliphatic heterocycles. The Balaban J connectivity index is 2.04. The Kier molecular flexibility index (Phi) is 4.52. The van der Waals surface area contributed by atoms with Crippen LogP contribution in [0.4, 0.5) is 5.82 Å². The molecule has 2 aromatic rings. The Morgan fingerprint density at radius 1 is 1.16 bits per heavy atom. The molecule has 1 aromatic heterocycles. The second-order valence-electron chi connectivity index (χ2n) is 4.01. The smallest absolute Gasteiger partial charge is 0.256 e. The molecule has 0 spiro atoms. The van der Waals surface area contributed by atoms with Crippen LogP contribution >= 0.6 is 11.8 Å². The van der Waals surface area contributed by atoms with Gasteiger partial charge >= 0.3 is 0 Å². The van der Waals surface area contributed by atoms with E-state index in [-0.39, 0.29) is 5.91 Å². The first-order valence-corrected chi connectivity index (χ1v) is 7.02. The molecule has 19 heavy (non-hydrogen) atoms. The van der Waals surface area contributed by atoms with Crippen molar-refractivity contribution in [1.82, 2.24) is 10.2 Å². The summed E-state index contributed by atoms with van der Waals surface area (Å²) in [5.41, 5.74) is 1.73. The minimum Gasteiger partial charge on any atom is -0.305 e. The number of thioether (sulfide) groups is 1. The van der Waals surface area contributed by atoms with Gasteiger partial charge in [0.25, 0.3) is 5.91 Å². The van der Waals surface area contributed by atoms with E-state index in [0.29, 0.717) is 11.4 Å². The van der Waals surface area contributed by atoms with E-state index >= 15 is 0 Å². The van der Waals surface area contributed by atoms with Gasteiger partial charge in [-0.2, -0.15) is 0 Å². The lowest BCUT2D eigenvalue weighted by Crippen LogP contribution is -2.13. The standard InChI is InChI=1S/C14H15N3OS/c1-3-19-13-9-8-12(16-17-13)15-14(18)11-6-4-10(2)5-7-11/h4-9H,3H2,1-2H3,(H,15,16,18). The first kappa shape index (κ1) is 13.5. The van der Waals surface area contributed by atoms with E-state index < -0.39 is 0 Å². The average molecular weight is 273 g/mol. The summed E-state index contributed by atoms with van der Waals surface area (Å²) in [4.78, 5) is 12.0. The van der Waals surface area contributed by atoms with Gasteiger partial charge < -0.3 is 5.32 Å². The second kappa shape index (κ2) is 6.33. The van der Waals surface area contributed by atoms with Crippen LogP contribution in [0, 0.1) is 6.92 Å². The highest BCUT2D eigenvalue weighted by Gasteiger charge is 2.06. The summed E-state index contributed by atoms with van der Waals surface area (Å²) in [6, 6.07) is 11.0. The summed E-state index contributed by atoms with van der Waals surface area (Å²) in [5.74, 6) is 1.24. The normalized spacial score (nSPS) is 10.2. The summed E-state index contributed by atoms with van der Waals surface area (Å²) in [7, 11) is 0. The highest BCUT2D eigenvalue weighted by molar-refractivity contribution is 7.99. The summed E-state index contributed by atoms with van der Waals surface area (Å²) in [6.07, 6.45) is 0. The van der Waals surface area contributed by atoms with Crippen molar-refractivity contribution in [2.24, 2.45) is 0 Å². The number of aromatic nitrogens is 2.